The van der Waals surface area contributed by atoms with Gasteiger partial charge in [-0.15, -0.1) is 0 Å². The Morgan fingerprint density at radius 2 is 2.67 bits per heavy atom. The van der Waals surface area contributed by atoms with Crippen LogP contribution in [-0.4, -0.2) is 47.7 Å². The number of aromatic amines is 1. The van der Waals surface area contributed by atoms with Crippen LogP contribution >= 0.6 is 0 Å². The molecule has 1 unspecified atom stereocenters. The first-order chi connectivity index (χ1) is 7.31. The highest BCUT2D eigenvalue weighted by Gasteiger charge is 2.26. The smallest absolute Gasteiger partial charge is 0.257 e. The number of likely N-dealkylation sites (tertiary alicyclic amines) is 1. The highest BCUT2D eigenvalue weighted by atomic mass is 16.2. The quantitative estimate of drug-likeness (QED) is 0.740. The van der Waals surface area contributed by atoms with Gasteiger partial charge in [0.05, 0.1) is 11.8 Å². The molecule has 0 radical (unpaired) electrons. The summed E-state index contributed by atoms with van der Waals surface area (Å²) in [6, 6.07) is 0. The van der Waals surface area contributed by atoms with Gasteiger partial charge in [0.1, 0.15) is 0 Å². The van der Waals surface area contributed by atoms with E-state index in [0.29, 0.717) is 11.5 Å². The number of aromatic nitrogens is 2. The average molecular weight is 208 g/mol. The van der Waals surface area contributed by atoms with Crippen LogP contribution in [0.25, 0.3) is 0 Å². The van der Waals surface area contributed by atoms with Crippen molar-refractivity contribution in [3.8, 4) is 0 Å². The first-order valence-corrected chi connectivity index (χ1v) is 5.24. The molecule has 0 aromatic carbocycles. The fourth-order valence-electron chi connectivity index (χ4n) is 2.02. The van der Waals surface area contributed by atoms with Crippen molar-refractivity contribution >= 4 is 5.91 Å². The molecule has 1 atom stereocenters. The standard InChI is InChI=1S/C10H16N4O/c1-11-4-8-2-3-14(7-8)10(15)9-5-12-13-6-9/h5-6,8,11H,2-4,7H2,1H3,(H,12,13). The number of H-pyrrole nitrogens is 1. The van der Waals surface area contributed by atoms with Gasteiger partial charge in [0.15, 0.2) is 0 Å². The van der Waals surface area contributed by atoms with Gasteiger partial charge < -0.3 is 10.2 Å². The molecule has 0 saturated carbocycles. The van der Waals surface area contributed by atoms with Gasteiger partial charge in [-0.3, -0.25) is 9.89 Å². The van der Waals surface area contributed by atoms with Crippen molar-refractivity contribution in [3.63, 3.8) is 0 Å². The van der Waals surface area contributed by atoms with Crippen LogP contribution in [0.15, 0.2) is 12.4 Å². The van der Waals surface area contributed by atoms with Gasteiger partial charge >= 0.3 is 0 Å². The molecule has 0 bridgehead atoms. The zero-order chi connectivity index (χ0) is 10.7. The summed E-state index contributed by atoms with van der Waals surface area (Å²) in [5, 5.41) is 9.59. The molecule has 15 heavy (non-hydrogen) atoms. The van der Waals surface area contributed by atoms with E-state index in [1.807, 2.05) is 11.9 Å². The summed E-state index contributed by atoms with van der Waals surface area (Å²) in [4.78, 5) is 13.8. The Labute approximate surface area is 88.8 Å². The predicted octanol–water partition coefficient (Wildman–Crippen LogP) is 0.0912. The molecule has 0 aliphatic carbocycles. The van der Waals surface area contributed by atoms with Gasteiger partial charge in [-0.2, -0.15) is 5.10 Å². The third-order valence-corrected chi connectivity index (χ3v) is 2.81. The van der Waals surface area contributed by atoms with Crippen molar-refractivity contribution in [2.45, 2.75) is 6.42 Å². The van der Waals surface area contributed by atoms with Crippen molar-refractivity contribution < 1.29 is 4.79 Å². The molecule has 0 spiro atoms. The summed E-state index contributed by atoms with van der Waals surface area (Å²) in [5.74, 6) is 0.674. The van der Waals surface area contributed by atoms with Crippen LogP contribution in [-0.2, 0) is 0 Å². The van der Waals surface area contributed by atoms with E-state index in [4.69, 9.17) is 0 Å². The minimum absolute atomic E-state index is 0.0855. The van der Waals surface area contributed by atoms with Crippen LogP contribution in [0.2, 0.25) is 0 Å². The van der Waals surface area contributed by atoms with Crippen molar-refractivity contribution in [1.29, 1.82) is 0 Å². The number of nitrogens with zero attached hydrogens (tertiary/aromatic N) is 2. The molecule has 2 heterocycles. The topological polar surface area (TPSA) is 61.0 Å². The number of rotatable bonds is 3. The molecule has 1 aromatic heterocycles. The van der Waals surface area contributed by atoms with Gasteiger partial charge in [0.2, 0.25) is 0 Å². The van der Waals surface area contributed by atoms with Crippen molar-refractivity contribution in [2.75, 3.05) is 26.7 Å². The van der Waals surface area contributed by atoms with Gasteiger partial charge in [0.25, 0.3) is 5.91 Å². The number of amides is 1. The molecule has 2 N–H and O–H groups in total. The summed E-state index contributed by atoms with van der Waals surface area (Å²) in [7, 11) is 1.94. The fourth-order valence-corrected chi connectivity index (χ4v) is 2.02. The lowest BCUT2D eigenvalue weighted by molar-refractivity contribution is 0.0787. The molecule has 82 valence electrons. The van der Waals surface area contributed by atoms with Crippen molar-refractivity contribution in [3.05, 3.63) is 18.0 Å². The third-order valence-electron chi connectivity index (χ3n) is 2.81. The predicted molar refractivity (Wildman–Crippen MR) is 56.5 cm³/mol. The van der Waals surface area contributed by atoms with Gasteiger partial charge in [-0.25, -0.2) is 0 Å². The normalized spacial score (nSPS) is 20.9. The Morgan fingerprint density at radius 1 is 1.80 bits per heavy atom. The summed E-state index contributed by atoms with van der Waals surface area (Å²) in [6.45, 7) is 2.69. The molecular formula is C10H16N4O. The average Bonchev–Trinajstić information content (AvgIpc) is 2.87. The SMILES string of the molecule is CNCC1CCN(C(=O)c2cn[nH]c2)C1. The van der Waals surface area contributed by atoms with Crippen LogP contribution in [0.4, 0.5) is 0 Å². The molecule has 1 fully saturated rings. The van der Waals surface area contributed by atoms with E-state index in [1.165, 1.54) is 0 Å². The highest BCUT2D eigenvalue weighted by Crippen LogP contribution is 2.17. The third kappa shape index (κ3) is 2.18. The van der Waals surface area contributed by atoms with Gasteiger partial charge in [-0.05, 0) is 25.9 Å². The van der Waals surface area contributed by atoms with Gasteiger partial charge in [0, 0.05) is 19.3 Å². The summed E-state index contributed by atoms with van der Waals surface area (Å²) >= 11 is 0. The van der Waals surface area contributed by atoms with Crippen LogP contribution in [0.1, 0.15) is 16.8 Å². The molecule has 5 heteroatoms. The van der Waals surface area contributed by atoms with Crippen molar-refractivity contribution in [1.82, 2.24) is 20.4 Å². The van der Waals surface area contributed by atoms with Crippen molar-refractivity contribution in [2.24, 2.45) is 5.92 Å². The maximum Gasteiger partial charge on any atom is 0.257 e. The van der Waals surface area contributed by atoms with Crippen LogP contribution in [0, 0.1) is 5.92 Å². The molecule has 1 aliphatic rings. The van der Waals surface area contributed by atoms with E-state index in [9.17, 15) is 4.79 Å². The molecular weight excluding hydrogens is 192 g/mol. The van der Waals surface area contributed by atoms with E-state index in [2.05, 4.69) is 15.5 Å². The second-order valence-electron chi connectivity index (χ2n) is 3.95. The Kier molecular flexibility index (Phi) is 3.01. The lowest BCUT2D eigenvalue weighted by Crippen LogP contribution is -2.30. The molecule has 1 saturated heterocycles. The zero-order valence-corrected chi connectivity index (χ0v) is 8.86. The number of carbonyl (C=O) groups is 1. The van der Waals surface area contributed by atoms with E-state index >= 15 is 0 Å². The maximum atomic E-state index is 11.9. The minimum Gasteiger partial charge on any atom is -0.338 e. The van der Waals surface area contributed by atoms with E-state index in [-0.39, 0.29) is 5.91 Å². The Balaban J connectivity index is 1.93. The van der Waals surface area contributed by atoms with E-state index in [1.54, 1.807) is 12.4 Å². The van der Waals surface area contributed by atoms with Crippen LogP contribution in [0.5, 0.6) is 0 Å². The second-order valence-corrected chi connectivity index (χ2v) is 3.95. The zero-order valence-electron chi connectivity index (χ0n) is 8.86. The molecule has 2 rings (SSSR count). The van der Waals surface area contributed by atoms with E-state index in [0.717, 1.165) is 26.1 Å². The Bertz CT molecular complexity index is 322. The second kappa shape index (κ2) is 4.44. The van der Waals surface area contributed by atoms with E-state index < -0.39 is 0 Å². The number of hydrogen-bond donors (Lipinski definition) is 2. The highest BCUT2D eigenvalue weighted by molar-refractivity contribution is 5.93. The largest absolute Gasteiger partial charge is 0.338 e. The molecule has 1 aliphatic heterocycles. The first kappa shape index (κ1) is 10.2. The van der Waals surface area contributed by atoms with Crippen LogP contribution < -0.4 is 5.32 Å². The summed E-state index contributed by atoms with van der Waals surface area (Å²) in [5.41, 5.74) is 0.653. The summed E-state index contributed by atoms with van der Waals surface area (Å²) in [6.07, 6.45) is 4.31. The molecule has 1 aromatic rings. The lowest BCUT2D eigenvalue weighted by atomic mass is 10.1. The molecule has 1 amide bonds. The first-order valence-electron chi connectivity index (χ1n) is 5.24. The molecule has 5 nitrogen and oxygen atoms in total. The van der Waals surface area contributed by atoms with Gasteiger partial charge in [-0.1, -0.05) is 0 Å². The van der Waals surface area contributed by atoms with Crippen LogP contribution in [0.3, 0.4) is 0 Å². The lowest BCUT2D eigenvalue weighted by Gasteiger charge is -2.15. The minimum atomic E-state index is 0.0855. The Morgan fingerprint density at radius 3 is 3.33 bits per heavy atom. The fraction of sp³-hybridized carbons (Fsp3) is 0.600. The monoisotopic (exact) mass is 208 g/mol. The number of carbonyl (C=O) groups excluding carboxylic acids is 1. The summed E-state index contributed by atoms with van der Waals surface area (Å²) < 4.78 is 0. The maximum absolute atomic E-state index is 11.9. The number of hydrogen-bond acceptors (Lipinski definition) is 3. The Hall–Kier alpha value is -1.36. The number of nitrogens with one attached hydrogen (secondary N) is 2.